The van der Waals surface area contributed by atoms with Crippen molar-refractivity contribution in [3.8, 4) is 5.69 Å². The molecule has 1 heterocycles. The number of benzene rings is 3. The van der Waals surface area contributed by atoms with Crippen LogP contribution in [0.4, 0.5) is 10.5 Å². The number of halogens is 1. The first kappa shape index (κ1) is 28.4. The van der Waals surface area contributed by atoms with Gasteiger partial charge in [0, 0.05) is 17.3 Å². The molecule has 1 unspecified atom stereocenters. The SMILES string of the molecule is CCC(c1nc2ccccc2c(=O)n1-c1ccc(Cl)cc1)N(CC)C(=O)Nc1c(C(C)C)cccc1C(C)C. The van der Waals surface area contributed by atoms with Gasteiger partial charge in [0.25, 0.3) is 5.56 Å². The highest BCUT2D eigenvalue weighted by atomic mass is 35.5. The van der Waals surface area contributed by atoms with Gasteiger partial charge in [-0.1, -0.05) is 76.6 Å². The van der Waals surface area contributed by atoms with E-state index in [1.54, 1.807) is 39.8 Å². The van der Waals surface area contributed by atoms with E-state index in [-0.39, 0.29) is 23.4 Å². The molecule has 0 aliphatic heterocycles. The Labute approximate surface area is 235 Å². The van der Waals surface area contributed by atoms with Crippen molar-refractivity contribution in [2.45, 2.75) is 65.8 Å². The van der Waals surface area contributed by atoms with Crippen LogP contribution in [0, 0.1) is 0 Å². The van der Waals surface area contributed by atoms with Crippen molar-refractivity contribution in [1.29, 1.82) is 0 Å². The zero-order valence-corrected chi connectivity index (χ0v) is 24.3. The van der Waals surface area contributed by atoms with E-state index < -0.39 is 6.04 Å². The van der Waals surface area contributed by atoms with E-state index in [1.807, 2.05) is 32.0 Å². The molecule has 0 bridgehead atoms. The first-order valence-electron chi connectivity index (χ1n) is 13.7. The molecular formula is C32H37ClN4O2. The second-order valence-electron chi connectivity index (χ2n) is 10.4. The Morgan fingerprint density at radius 2 is 1.54 bits per heavy atom. The zero-order valence-electron chi connectivity index (χ0n) is 23.5. The van der Waals surface area contributed by atoms with Crippen LogP contribution in [0.5, 0.6) is 0 Å². The maximum Gasteiger partial charge on any atom is 0.322 e. The third-order valence-electron chi connectivity index (χ3n) is 7.15. The molecule has 1 atom stereocenters. The molecule has 39 heavy (non-hydrogen) atoms. The van der Waals surface area contributed by atoms with Crippen molar-refractivity contribution in [1.82, 2.24) is 14.5 Å². The highest BCUT2D eigenvalue weighted by Gasteiger charge is 2.29. The fourth-order valence-corrected chi connectivity index (χ4v) is 5.26. The Morgan fingerprint density at radius 3 is 2.10 bits per heavy atom. The summed E-state index contributed by atoms with van der Waals surface area (Å²) in [5.74, 6) is 1.00. The number of aromatic nitrogens is 2. The van der Waals surface area contributed by atoms with E-state index in [0.29, 0.717) is 40.4 Å². The molecule has 0 fully saturated rings. The van der Waals surface area contributed by atoms with Crippen molar-refractivity contribution in [3.63, 3.8) is 0 Å². The van der Waals surface area contributed by atoms with Crippen molar-refractivity contribution in [3.05, 3.63) is 99.1 Å². The largest absolute Gasteiger partial charge is 0.322 e. The lowest BCUT2D eigenvalue weighted by Crippen LogP contribution is -2.41. The van der Waals surface area contributed by atoms with Crippen LogP contribution in [0.15, 0.2) is 71.5 Å². The molecule has 0 saturated heterocycles. The van der Waals surface area contributed by atoms with Crippen LogP contribution in [-0.2, 0) is 0 Å². The Morgan fingerprint density at radius 1 is 0.923 bits per heavy atom. The first-order chi connectivity index (χ1) is 18.7. The number of rotatable bonds is 8. The topological polar surface area (TPSA) is 67.2 Å². The zero-order chi connectivity index (χ0) is 28.3. The van der Waals surface area contributed by atoms with Gasteiger partial charge in [-0.15, -0.1) is 0 Å². The van der Waals surface area contributed by atoms with Gasteiger partial charge in [-0.3, -0.25) is 9.36 Å². The fourth-order valence-electron chi connectivity index (χ4n) is 5.14. The first-order valence-corrected chi connectivity index (χ1v) is 14.0. The van der Waals surface area contributed by atoms with Gasteiger partial charge in [-0.05, 0) is 72.7 Å². The quantitative estimate of drug-likeness (QED) is 0.242. The molecule has 0 saturated carbocycles. The summed E-state index contributed by atoms with van der Waals surface area (Å²) in [6, 6.07) is 20.0. The third kappa shape index (κ3) is 5.71. The molecule has 4 rings (SSSR count). The van der Waals surface area contributed by atoms with Gasteiger partial charge in [0.15, 0.2) is 0 Å². The van der Waals surface area contributed by atoms with E-state index >= 15 is 0 Å². The number of hydrogen-bond donors (Lipinski definition) is 1. The van der Waals surface area contributed by atoms with Crippen LogP contribution in [0.3, 0.4) is 0 Å². The summed E-state index contributed by atoms with van der Waals surface area (Å²) in [6.07, 6.45) is 0.572. The molecular weight excluding hydrogens is 508 g/mol. The highest BCUT2D eigenvalue weighted by molar-refractivity contribution is 6.30. The van der Waals surface area contributed by atoms with Crippen molar-refractivity contribution in [2.75, 3.05) is 11.9 Å². The Hall–Kier alpha value is -3.64. The van der Waals surface area contributed by atoms with Gasteiger partial charge in [-0.2, -0.15) is 0 Å². The number of para-hydroxylation sites is 2. The predicted octanol–water partition coefficient (Wildman–Crippen LogP) is 8.29. The molecule has 204 valence electrons. The van der Waals surface area contributed by atoms with Gasteiger partial charge in [0.1, 0.15) is 5.82 Å². The molecule has 2 amide bonds. The van der Waals surface area contributed by atoms with Crippen LogP contribution in [-0.4, -0.2) is 27.0 Å². The summed E-state index contributed by atoms with van der Waals surface area (Å²) in [6.45, 7) is 12.9. The molecule has 1 N–H and O–H groups in total. The van der Waals surface area contributed by atoms with E-state index in [2.05, 4.69) is 51.2 Å². The van der Waals surface area contributed by atoms with Crippen molar-refractivity contribution < 1.29 is 4.79 Å². The lowest BCUT2D eigenvalue weighted by Gasteiger charge is -2.32. The number of amides is 2. The van der Waals surface area contributed by atoms with Gasteiger partial charge < -0.3 is 10.2 Å². The molecule has 0 spiro atoms. The molecule has 0 aliphatic carbocycles. The van der Waals surface area contributed by atoms with Gasteiger partial charge >= 0.3 is 6.03 Å². The van der Waals surface area contributed by atoms with E-state index in [1.165, 1.54) is 0 Å². The summed E-state index contributed by atoms with van der Waals surface area (Å²) in [4.78, 5) is 34.6. The number of nitrogens with zero attached hydrogens (tertiary/aromatic N) is 3. The number of nitrogens with one attached hydrogen (secondary N) is 1. The number of anilines is 1. The summed E-state index contributed by atoms with van der Waals surface area (Å²) in [5.41, 5.74) is 4.13. The monoisotopic (exact) mass is 544 g/mol. The normalized spacial score (nSPS) is 12.2. The Bertz CT molecular complexity index is 1500. The minimum absolute atomic E-state index is 0.180. The summed E-state index contributed by atoms with van der Waals surface area (Å²) < 4.78 is 1.62. The molecule has 0 aliphatic rings. The maximum absolute atomic E-state index is 14.0. The number of carbonyl (C=O) groups is 1. The Balaban J connectivity index is 1.85. The van der Waals surface area contributed by atoms with Gasteiger partial charge in [0.05, 0.1) is 22.6 Å². The summed E-state index contributed by atoms with van der Waals surface area (Å²) in [7, 11) is 0. The van der Waals surface area contributed by atoms with Crippen LogP contribution in [0.1, 0.15) is 82.8 Å². The average molecular weight is 545 g/mol. The van der Waals surface area contributed by atoms with Gasteiger partial charge in [0.2, 0.25) is 0 Å². The molecule has 6 nitrogen and oxygen atoms in total. The summed E-state index contributed by atoms with van der Waals surface area (Å²) in [5, 5.41) is 4.35. The highest BCUT2D eigenvalue weighted by Crippen LogP contribution is 2.34. The van der Waals surface area contributed by atoms with E-state index in [4.69, 9.17) is 16.6 Å². The van der Waals surface area contributed by atoms with Crippen molar-refractivity contribution in [2.24, 2.45) is 0 Å². The average Bonchev–Trinajstić information content (AvgIpc) is 2.92. The fraction of sp³-hybridized carbons (Fsp3) is 0.344. The van der Waals surface area contributed by atoms with Crippen LogP contribution in [0.25, 0.3) is 16.6 Å². The second-order valence-corrected chi connectivity index (χ2v) is 10.8. The lowest BCUT2D eigenvalue weighted by atomic mass is 9.92. The lowest BCUT2D eigenvalue weighted by molar-refractivity contribution is 0.185. The third-order valence-corrected chi connectivity index (χ3v) is 7.41. The molecule has 3 aromatic carbocycles. The summed E-state index contributed by atoms with van der Waals surface area (Å²) >= 11 is 6.16. The molecule has 1 aromatic heterocycles. The molecule has 7 heteroatoms. The predicted molar refractivity (Wildman–Crippen MR) is 161 cm³/mol. The van der Waals surface area contributed by atoms with Crippen LogP contribution in [0.2, 0.25) is 5.02 Å². The standard InChI is InChI=1S/C32H37ClN4O2/c1-7-28(36(8-2)32(39)35-29-24(20(3)4)13-11-14-25(29)21(5)6)30-34-27-15-10-9-12-26(27)31(38)37(30)23-18-16-22(33)17-19-23/h9-21,28H,7-8H2,1-6H3,(H,35,39). The van der Waals surface area contributed by atoms with E-state index in [9.17, 15) is 9.59 Å². The number of fused-ring (bicyclic) bond motifs is 1. The second kappa shape index (κ2) is 12.0. The number of urea groups is 1. The Kier molecular flexibility index (Phi) is 8.76. The van der Waals surface area contributed by atoms with Crippen LogP contribution >= 0.6 is 11.6 Å². The smallest absolute Gasteiger partial charge is 0.315 e. The number of hydrogen-bond acceptors (Lipinski definition) is 3. The van der Waals surface area contributed by atoms with Gasteiger partial charge in [-0.25, -0.2) is 9.78 Å². The molecule has 0 radical (unpaired) electrons. The van der Waals surface area contributed by atoms with Crippen LogP contribution < -0.4 is 10.9 Å². The van der Waals surface area contributed by atoms with Crippen molar-refractivity contribution >= 4 is 34.2 Å². The van der Waals surface area contributed by atoms with E-state index in [0.717, 1.165) is 16.8 Å². The minimum atomic E-state index is -0.448. The maximum atomic E-state index is 14.0. The number of carbonyl (C=O) groups excluding carboxylic acids is 1. The molecule has 4 aromatic rings. The minimum Gasteiger partial charge on any atom is -0.315 e.